The summed E-state index contributed by atoms with van der Waals surface area (Å²) in [6.07, 6.45) is 2.12. The molecule has 4 rings (SSSR count). The first-order valence-electron chi connectivity index (χ1n) is 8.98. The van der Waals surface area contributed by atoms with E-state index in [9.17, 15) is 14.0 Å². The Morgan fingerprint density at radius 2 is 1.74 bits per heavy atom. The summed E-state index contributed by atoms with van der Waals surface area (Å²) in [7, 11) is 0. The van der Waals surface area contributed by atoms with Gasteiger partial charge in [-0.2, -0.15) is 0 Å². The van der Waals surface area contributed by atoms with E-state index in [1.807, 2.05) is 30.3 Å². The third kappa shape index (κ3) is 4.45. The summed E-state index contributed by atoms with van der Waals surface area (Å²) in [5.74, 6) is -0.816. The third-order valence-electron chi connectivity index (χ3n) is 4.31. The zero-order chi connectivity index (χ0) is 22.0. The van der Waals surface area contributed by atoms with Crippen LogP contribution in [0.5, 0.6) is 11.5 Å². The normalized spacial score (nSPS) is 15.2. The summed E-state index contributed by atoms with van der Waals surface area (Å²) in [5, 5.41) is 2.34. The SMILES string of the molecule is O=C1NC(=S)N(c2ccc(Oc3ccccc3)cc2)C(=O)/C1=C/c1cc(F)cnc1Cl. The number of halogens is 2. The van der Waals surface area contributed by atoms with E-state index in [2.05, 4.69) is 10.3 Å². The van der Waals surface area contributed by atoms with Gasteiger partial charge in [-0.1, -0.05) is 29.8 Å². The fourth-order valence-corrected chi connectivity index (χ4v) is 3.31. The van der Waals surface area contributed by atoms with Crippen molar-refractivity contribution in [2.24, 2.45) is 0 Å². The van der Waals surface area contributed by atoms with Crippen molar-refractivity contribution in [2.45, 2.75) is 0 Å². The molecule has 1 N–H and O–H groups in total. The molecule has 3 aromatic rings. The Morgan fingerprint density at radius 1 is 1.06 bits per heavy atom. The Morgan fingerprint density at radius 3 is 2.45 bits per heavy atom. The molecule has 1 aromatic heterocycles. The number of para-hydroxylation sites is 1. The molecule has 0 aliphatic carbocycles. The number of carbonyl (C=O) groups excluding carboxylic acids is 2. The van der Waals surface area contributed by atoms with Gasteiger partial charge in [0.1, 0.15) is 28.0 Å². The number of nitrogens with zero attached hydrogens (tertiary/aromatic N) is 2. The van der Waals surface area contributed by atoms with E-state index in [0.717, 1.165) is 17.2 Å². The van der Waals surface area contributed by atoms with Crippen LogP contribution < -0.4 is 15.0 Å². The van der Waals surface area contributed by atoms with Crippen molar-refractivity contribution in [3.63, 3.8) is 0 Å². The summed E-state index contributed by atoms with van der Waals surface area (Å²) < 4.78 is 19.3. The molecule has 0 unspecified atom stereocenters. The second-order valence-electron chi connectivity index (χ2n) is 6.40. The van der Waals surface area contributed by atoms with Gasteiger partial charge in [-0.15, -0.1) is 0 Å². The number of amides is 2. The number of hydrogen-bond acceptors (Lipinski definition) is 5. The molecular weight excluding hydrogens is 441 g/mol. The molecule has 31 heavy (non-hydrogen) atoms. The summed E-state index contributed by atoms with van der Waals surface area (Å²) >= 11 is 11.1. The fraction of sp³-hybridized carbons (Fsp3) is 0. The van der Waals surface area contributed by atoms with Gasteiger partial charge in [-0.05, 0) is 60.8 Å². The van der Waals surface area contributed by atoms with Gasteiger partial charge in [0.2, 0.25) is 0 Å². The molecule has 0 spiro atoms. The van der Waals surface area contributed by atoms with Crippen LogP contribution in [0.3, 0.4) is 0 Å². The summed E-state index contributed by atoms with van der Waals surface area (Å²) in [4.78, 5) is 30.2. The van der Waals surface area contributed by atoms with Crippen LogP contribution in [0.4, 0.5) is 10.1 Å². The zero-order valence-corrected chi connectivity index (χ0v) is 17.3. The number of hydrogen-bond donors (Lipinski definition) is 1. The number of aromatic nitrogens is 1. The molecule has 0 radical (unpaired) electrons. The van der Waals surface area contributed by atoms with Crippen molar-refractivity contribution in [2.75, 3.05) is 4.90 Å². The number of anilines is 1. The van der Waals surface area contributed by atoms with Crippen molar-refractivity contribution < 1.29 is 18.7 Å². The molecule has 1 saturated heterocycles. The summed E-state index contributed by atoms with van der Waals surface area (Å²) in [6.45, 7) is 0. The molecule has 6 nitrogen and oxygen atoms in total. The quantitative estimate of drug-likeness (QED) is 0.272. The van der Waals surface area contributed by atoms with E-state index in [4.69, 9.17) is 28.6 Å². The Labute approximate surface area is 186 Å². The molecule has 2 aromatic carbocycles. The lowest BCUT2D eigenvalue weighted by molar-refractivity contribution is -0.122. The van der Waals surface area contributed by atoms with Crippen LogP contribution >= 0.6 is 23.8 Å². The van der Waals surface area contributed by atoms with E-state index in [1.165, 1.54) is 6.08 Å². The predicted octanol–water partition coefficient (Wildman–Crippen LogP) is 4.50. The van der Waals surface area contributed by atoms with Gasteiger partial charge in [0.25, 0.3) is 11.8 Å². The topological polar surface area (TPSA) is 71.5 Å². The van der Waals surface area contributed by atoms with Crippen molar-refractivity contribution in [3.8, 4) is 11.5 Å². The first kappa shape index (κ1) is 20.6. The van der Waals surface area contributed by atoms with Crippen LogP contribution in [0.1, 0.15) is 5.56 Å². The standard InChI is InChI=1S/C22H13ClFN3O3S/c23-19-13(10-14(24)12-25-19)11-18-20(28)26-22(31)27(21(18)29)15-6-8-17(9-7-15)30-16-4-2-1-3-5-16/h1-12H,(H,26,28,31)/b18-11+. The van der Waals surface area contributed by atoms with Crippen molar-refractivity contribution >= 4 is 52.5 Å². The Bertz CT molecular complexity index is 1220. The largest absolute Gasteiger partial charge is 0.457 e. The minimum atomic E-state index is -0.712. The van der Waals surface area contributed by atoms with E-state index >= 15 is 0 Å². The van der Waals surface area contributed by atoms with Crippen molar-refractivity contribution in [3.05, 3.63) is 89.0 Å². The molecule has 0 saturated carbocycles. The highest BCUT2D eigenvalue weighted by Gasteiger charge is 2.34. The van der Waals surface area contributed by atoms with Gasteiger partial charge >= 0.3 is 0 Å². The van der Waals surface area contributed by atoms with E-state index < -0.39 is 17.6 Å². The Hall–Kier alpha value is -3.62. The fourth-order valence-electron chi connectivity index (χ4n) is 2.87. The number of benzene rings is 2. The van der Waals surface area contributed by atoms with Crippen LogP contribution in [0.15, 0.2) is 72.4 Å². The molecule has 0 atom stereocenters. The lowest BCUT2D eigenvalue weighted by Crippen LogP contribution is -2.54. The maximum atomic E-state index is 13.5. The molecule has 1 aliphatic heterocycles. The molecule has 154 valence electrons. The molecule has 1 aliphatic rings. The Balaban J connectivity index is 1.62. The van der Waals surface area contributed by atoms with Crippen molar-refractivity contribution in [1.82, 2.24) is 10.3 Å². The number of ether oxygens (including phenoxy) is 1. The van der Waals surface area contributed by atoms with Gasteiger partial charge in [-0.25, -0.2) is 9.37 Å². The van der Waals surface area contributed by atoms with Crippen LogP contribution in [-0.4, -0.2) is 21.9 Å². The zero-order valence-electron chi connectivity index (χ0n) is 15.7. The minimum absolute atomic E-state index is 0.0448. The number of rotatable bonds is 4. The minimum Gasteiger partial charge on any atom is -0.457 e. The lowest BCUT2D eigenvalue weighted by atomic mass is 10.1. The maximum absolute atomic E-state index is 13.5. The van der Waals surface area contributed by atoms with Crippen LogP contribution in [0.25, 0.3) is 6.08 Å². The number of pyridine rings is 1. The monoisotopic (exact) mass is 453 g/mol. The molecule has 9 heteroatoms. The second kappa shape index (κ2) is 8.63. The van der Waals surface area contributed by atoms with E-state index in [-0.39, 0.29) is 21.4 Å². The molecule has 2 heterocycles. The summed E-state index contributed by atoms with van der Waals surface area (Å²) in [6, 6.07) is 16.9. The third-order valence-corrected chi connectivity index (χ3v) is 4.91. The highest BCUT2D eigenvalue weighted by molar-refractivity contribution is 7.80. The lowest BCUT2D eigenvalue weighted by Gasteiger charge is -2.29. The molecule has 2 amide bonds. The van der Waals surface area contributed by atoms with Gasteiger partial charge in [0.15, 0.2) is 5.11 Å². The number of nitrogens with one attached hydrogen (secondary N) is 1. The molecule has 0 bridgehead atoms. The first-order valence-corrected chi connectivity index (χ1v) is 9.76. The van der Waals surface area contributed by atoms with E-state index in [0.29, 0.717) is 17.2 Å². The Kier molecular flexibility index (Phi) is 5.75. The van der Waals surface area contributed by atoms with Crippen LogP contribution in [0.2, 0.25) is 5.15 Å². The van der Waals surface area contributed by atoms with Gasteiger partial charge in [0, 0.05) is 5.56 Å². The molecular formula is C22H13ClFN3O3S. The van der Waals surface area contributed by atoms with Gasteiger partial charge in [-0.3, -0.25) is 19.8 Å². The highest BCUT2D eigenvalue weighted by atomic mass is 35.5. The number of thiocarbonyl (C=S) groups is 1. The highest BCUT2D eigenvalue weighted by Crippen LogP contribution is 2.27. The van der Waals surface area contributed by atoms with Crippen LogP contribution in [0, 0.1) is 5.82 Å². The first-order chi connectivity index (χ1) is 14.9. The van der Waals surface area contributed by atoms with Gasteiger partial charge < -0.3 is 4.74 Å². The molecule has 1 fully saturated rings. The average molecular weight is 454 g/mol. The van der Waals surface area contributed by atoms with Crippen LogP contribution in [-0.2, 0) is 9.59 Å². The van der Waals surface area contributed by atoms with Crippen molar-refractivity contribution in [1.29, 1.82) is 0 Å². The second-order valence-corrected chi connectivity index (χ2v) is 7.15. The number of carbonyl (C=O) groups is 2. The summed E-state index contributed by atoms with van der Waals surface area (Å²) in [5.41, 5.74) is 0.261. The predicted molar refractivity (Wildman–Crippen MR) is 118 cm³/mol. The van der Waals surface area contributed by atoms with Gasteiger partial charge in [0.05, 0.1) is 11.9 Å². The smallest absolute Gasteiger partial charge is 0.270 e. The maximum Gasteiger partial charge on any atom is 0.270 e. The van der Waals surface area contributed by atoms with E-state index in [1.54, 1.807) is 24.3 Å². The average Bonchev–Trinajstić information content (AvgIpc) is 2.75.